The summed E-state index contributed by atoms with van der Waals surface area (Å²) >= 11 is 0. The Balaban J connectivity index is 2.93. The smallest absolute Gasteiger partial charge is 0.000570 e. The molecule has 0 aromatic heterocycles. The Labute approximate surface area is 80.6 Å². The molecule has 0 fully saturated rings. The van der Waals surface area contributed by atoms with E-state index in [4.69, 9.17) is 0 Å². The summed E-state index contributed by atoms with van der Waals surface area (Å²) in [6.07, 6.45) is 2.21. The summed E-state index contributed by atoms with van der Waals surface area (Å²) in [7, 11) is 0. The van der Waals surface area contributed by atoms with Crippen molar-refractivity contribution in [3.63, 3.8) is 0 Å². The molecule has 0 atom stereocenters. The second-order valence-corrected chi connectivity index (χ2v) is 3.27. The summed E-state index contributed by atoms with van der Waals surface area (Å²) in [6.45, 7) is 7.99. The average Bonchev–Trinajstić information content (AvgIpc) is 2.16. The van der Waals surface area contributed by atoms with Crippen molar-refractivity contribution < 1.29 is 0 Å². The van der Waals surface area contributed by atoms with E-state index < -0.39 is 0 Å². The molecule has 68 valence electrons. The van der Waals surface area contributed by atoms with Crippen LogP contribution in [-0.4, -0.2) is 0 Å². The van der Waals surface area contributed by atoms with Gasteiger partial charge >= 0.3 is 0 Å². The topological polar surface area (TPSA) is 0 Å². The van der Waals surface area contributed by atoms with Gasteiger partial charge in [0.25, 0.3) is 0 Å². The molecule has 0 heterocycles. The van der Waals surface area contributed by atoms with E-state index in [0.29, 0.717) is 0 Å². The molecule has 1 aromatic carbocycles. The van der Waals surface area contributed by atoms with Gasteiger partial charge in [-0.3, -0.25) is 0 Å². The predicted molar refractivity (Wildman–Crippen MR) is 58.6 cm³/mol. The molecule has 13 heavy (non-hydrogen) atoms. The molecule has 0 saturated carbocycles. The molecule has 0 saturated heterocycles. The molecule has 0 N–H and O–H groups in total. The van der Waals surface area contributed by atoms with Gasteiger partial charge in [-0.2, -0.15) is 0 Å². The Morgan fingerprint density at radius 3 is 2.38 bits per heavy atom. The highest BCUT2D eigenvalue weighted by Gasteiger charge is 1.97. The number of hydrogen-bond donors (Lipinski definition) is 0. The second kappa shape index (κ2) is 4.69. The Morgan fingerprint density at radius 1 is 1.31 bits per heavy atom. The number of hydrogen-bond acceptors (Lipinski definition) is 0. The average molecular weight is 172 g/mol. The molecule has 1 aromatic rings. The summed E-state index contributed by atoms with van der Waals surface area (Å²) in [4.78, 5) is 0. The molecule has 1 rings (SSSR count). The molecular formula is C13H16. The van der Waals surface area contributed by atoms with Crippen molar-refractivity contribution in [3.8, 4) is 0 Å². The highest BCUT2D eigenvalue weighted by atomic mass is 14.0. The first-order chi connectivity index (χ1) is 6.27. The summed E-state index contributed by atoms with van der Waals surface area (Å²) < 4.78 is 0. The fourth-order valence-corrected chi connectivity index (χ4v) is 1.34. The first-order valence-electron chi connectivity index (χ1n) is 4.74. The molecule has 0 aliphatic carbocycles. The van der Waals surface area contributed by atoms with Crippen LogP contribution in [0.5, 0.6) is 0 Å². The Hall–Kier alpha value is -1.26. The molecule has 0 aliphatic heterocycles. The van der Waals surface area contributed by atoms with Crippen molar-refractivity contribution in [2.45, 2.75) is 26.7 Å². The van der Waals surface area contributed by atoms with Crippen molar-refractivity contribution in [2.75, 3.05) is 0 Å². The predicted octanol–water partition coefficient (Wildman–Crippen LogP) is 3.96. The fourth-order valence-electron chi connectivity index (χ4n) is 1.34. The normalized spacial score (nSPS) is 9.38. The van der Waals surface area contributed by atoms with Crippen LogP contribution in [0.3, 0.4) is 0 Å². The lowest BCUT2D eigenvalue weighted by molar-refractivity contribution is 0.974. The van der Waals surface area contributed by atoms with E-state index in [9.17, 15) is 0 Å². The maximum absolute atomic E-state index is 3.72. The zero-order chi connectivity index (χ0) is 9.68. The summed E-state index contributed by atoms with van der Waals surface area (Å²) in [5.41, 5.74) is 6.78. The lowest BCUT2D eigenvalue weighted by Gasteiger charge is -2.03. The van der Waals surface area contributed by atoms with Gasteiger partial charge < -0.3 is 0 Å². The van der Waals surface area contributed by atoms with Gasteiger partial charge in [0.05, 0.1) is 0 Å². The van der Waals surface area contributed by atoms with E-state index in [1.54, 1.807) is 0 Å². The Kier molecular flexibility index (Phi) is 3.54. The van der Waals surface area contributed by atoms with Crippen molar-refractivity contribution in [3.05, 3.63) is 47.7 Å². The van der Waals surface area contributed by atoms with Gasteiger partial charge in [0.15, 0.2) is 0 Å². The first kappa shape index (κ1) is 9.83. The van der Waals surface area contributed by atoms with E-state index in [1.807, 2.05) is 0 Å². The van der Waals surface area contributed by atoms with Crippen LogP contribution in [0.4, 0.5) is 0 Å². The molecule has 0 amide bonds. The van der Waals surface area contributed by atoms with Crippen LogP contribution in [0, 0.1) is 6.92 Å². The monoisotopic (exact) mass is 172 g/mol. The molecule has 0 nitrogen and oxygen atoms in total. The third-order valence-electron chi connectivity index (χ3n) is 2.11. The van der Waals surface area contributed by atoms with E-state index in [2.05, 4.69) is 50.4 Å². The number of aryl methyl sites for hydroxylation is 1. The van der Waals surface area contributed by atoms with Crippen molar-refractivity contribution in [1.82, 2.24) is 0 Å². The molecule has 0 unspecified atom stereocenters. The second-order valence-electron chi connectivity index (χ2n) is 3.27. The fraction of sp³-hybridized carbons (Fsp3) is 0.308. The maximum Gasteiger partial charge on any atom is 0.000570 e. The molecular weight excluding hydrogens is 156 g/mol. The molecule has 0 heteroatoms. The van der Waals surface area contributed by atoms with Crippen LogP contribution in [0.2, 0.25) is 0 Å². The van der Waals surface area contributed by atoms with Crippen LogP contribution < -0.4 is 0 Å². The highest BCUT2D eigenvalue weighted by Crippen LogP contribution is 2.18. The zero-order valence-electron chi connectivity index (χ0n) is 8.43. The molecule has 0 spiro atoms. The van der Waals surface area contributed by atoms with Crippen LogP contribution in [0.1, 0.15) is 30.9 Å². The molecule has 0 radical (unpaired) electrons. The van der Waals surface area contributed by atoms with Crippen LogP contribution >= 0.6 is 0 Å². The van der Waals surface area contributed by atoms with Gasteiger partial charge in [0.2, 0.25) is 0 Å². The lowest BCUT2D eigenvalue weighted by Crippen LogP contribution is -1.82. The SMILES string of the molecule is C=C=C(CCC)c1ccc(C)cc1. The van der Waals surface area contributed by atoms with Crippen molar-refractivity contribution in [2.24, 2.45) is 0 Å². The van der Waals surface area contributed by atoms with Crippen LogP contribution in [0.15, 0.2) is 36.6 Å². The van der Waals surface area contributed by atoms with Crippen LogP contribution in [-0.2, 0) is 0 Å². The van der Waals surface area contributed by atoms with Crippen LogP contribution in [0.25, 0.3) is 5.57 Å². The first-order valence-corrected chi connectivity index (χ1v) is 4.74. The van der Waals surface area contributed by atoms with Gasteiger partial charge in [0, 0.05) is 5.57 Å². The van der Waals surface area contributed by atoms with Crippen molar-refractivity contribution >= 4 is 5.57 Å². The highest BCUT2D eigenvalue weighted by molar-refractivity contribution is 5.64. The van der Waals surface area contributed by atoms with Gasteiger partial charge in [-0.25, -0.2) is 0 Å². The number of benzene rings is 1. The quantitative estimate of drug-likeness (QED) is 0.605. The number of allylic oxidation sites excluding steroid dienone is 1. The van der Waals surface area contributed by atoms with Gasteiger partial charge in [0.1, 0.15) is 0 Å². The van der Waals surface area contributed by atoms with E-state index in [0.717, 1.165) is 12.8 Å². The molecule has 0 aliphatic rings. The minimum Gasteiger partial charge on any atom is -0.125 e. The minimum absolute atomic E-state index is 1.06. The Bertz CT molecular complexity index is 310. The third kappa shape index (κ3) is 2.61. The van der Waals surface area contributed by atoms with E-state index in [-0.39, 0.29) is 0 Å². The minimum atomic E-state index is 1.06. The summed E-state index contributed by atoms with van der Waals surface area (Å²) in [5.74, 6) is 0. The maximum atomic E-state index is 3.72. The summed E-state index contributed by atoms with van der Waals surface area (Å²) in [5, 5.41) is 0. The largest absolute Gasteiger partial charge is 0.125 e. The molecule has 0 bridgehead atoms. The van der Waals surface area contributed by atoms with Gasteiger partial charge in [-0.1, -0.05) is 49.8 Å². The lowest BCUT2D eigenvalue weighted by atomic mass is 10.0. The third-order valence-corrected chi connectivity index (χ3v) is 2.11. The Morgan fingerprint density at radius 2 is 1.92 bits per heavy atom. The van der Waals surface area contributed by atoms with E-state index >= 15 is 0 Å². The van der Waals surface area contributed by atoms with Gasteiger partial charge in [-0.05, 0) is 18.9 Å². The van der Waals surface area contributed by atoms with Gasteiger partial charge in [-0.15, -0.1) is 5.73 Å². The van der Waals surface area contributed by atoms with Crippen molar-refractivity contribution in [1.29, 1.82) is 0 Å². The standard InChI is InChI=1S/C13H16/c1-4-6-12(5-2)13-9-7-11(3)8-10-13/h7-10H,2,4,6H2,1,3H3. The number of rotatable bonds is 3. The van der Waals surface area contributed by atoms with E-state index in [1.165, 1.54) is 16.7 Å². The zero-order valence-corrected chi connectivity index (χ0v) is 8.43. The summed E-state index contributed by atoms with van der Waals surface area (Å²) in [6, 6.07) is 8.53.